The number of ether oxygens (including phenoxy) is 1. The first kappa shape index (κ1) is 16.3. The Morgan fingerprint density at radius 2 is 2.05 bits per heavy atom. The van der Waals surface area contributed by atoms with Crippen LogP contribution in [0.2, 0.25) is 0 Å². The van der Waals surface area contributed by atoms with Gasteiger partial charge in [-0.05, 0) is 11.8 Å². The summed E-state index contributed by atoms with van der Waals surface area (Å²) in [5.74, 6) is -0.299. The molecule has 1 aliphatic heterocycles. The number of esters is 1. The van der Waals surface area contributed by atoms with Crippen LogP contribution < -0.4 is 0 Å². The molecule has 3 atom stereocenters. The molecule has 5 heteroatoms. The van der Waals surface area contributed by atoms with Gasteiger partial charge in [-0.3, -0.25) is 4.79 Å². The first-order valence-electron chi connectivity index (χ1n) is 6.82. The molecular weight excluding hydrogens is 262 g/mol. The second kappa shape index (κ2) is 6.64. The molecule has 0 spiro atoms. The van der Waals surface area contributed by atoms with E-state index in [1.165, 1.54) is 7.11 Å². The van der Waals surface area contributed by atoms with Gasteiger partial charge >= 0.3 is 5.97 Å². The average Bonchev–Trinajstić information content (AvgIpc) is 2.73. The van der Waals surface area contributed by atoms with Crippen LogP contribution in [0.1, 0.15) is 47.0 Å². The van der Waals surface area contributed by atoms with Gasteiger partial charge < -0.3 is 9.64 Å². The molecule has 1 rings (SSSR count). The van der Waals surface area contributed by atoms with Crippen molar-refractivity contribution in [2.24, 2.45) is 5.41 Å². The molecule has 0 N–H and O–H groups in total. The first-order valence-corrected chi connectivity index (χ1v) is 7.77. The van der Waals surface area contributed by atoms with E-state index in [4.69, 9.17) is 4.74 Å². The van der Waals surface area contributed by atoms with E-state index >= 15 is 0 Å². The molecule has 110 valence electrons. The van der Waals surface area contributed by atoms with Crippen molar-refractivity contribution in [1.82, 2.24) is 4.90 Å². The van der Waals surface area contributed by atoms with E-state index < -0.39 is 6.04 Å². The summed E-state index contributed by atoms with van der Waals surface area (Å²) in [5, 5.41) is 0.165. The van der Waals surface area contributed by atoms with E-state index in [2.05, 4.69) is 27.7 Å². The van der Waals surface area contributed by atoms with Gasteiger partial charge in [0.2, 0.25) is 6.41 Å². The summed E-state index contributed by atoms with van der Waals surface area (Å²) in [6, 6.07) is -0.441. The normalized spacial score (nSPS) is 27.4. The fraction of sp³-hybridized carbons (Fsp3) is 0.857. The van der Waals surface area contributed by atoms with Crippen LogP contribution >= 0.6 is 11.8 Å². The van der Waals surface area contributed by atoms with Gasteiger partial charge in [-0.1, -0.05) is 40.5 Å². The maximum Gasteiger partial charge on any atom is 0.329 e. The van der Waals surface area contributed by atoms with E-state index in [0.717, 1.165) is 25.7 Å². The minimum absolute atomic E-state index is 0.0240. The summed E-state index contributed by atoms with van der Waals surface area (Å²) in [6.45, 7) is 8.42. The van der Waals surface area contributed by atoms with E-state index in [9.17, 15) is 9.59 Å². The Balaban J connectivity index is 2.97. The second-order valence-corrected chi connectivity index (χ2v) is 7.38. The van der Waals surface area contributed by atoms with Crippen LogP contribution in [-0.2, 0) is 14.3 Å². The quantitative estimate of drug-likeness (QED) is 0.576. The van der Waals surface area contributed by atoms with Gasteiger partial charge in [-0.15, -0.1) is 11.8 Å². The highest BCUT2D eigenvalue weighted by Gasteiger charge is 2.49. The Morgan fingerprint density at radius 3 is 2.47 bits per heavy atom. The molecule has 0 aliphatic carbocycles. The van der Waals surface area contributed by atoms with Gasteiger partial charge in [0.15, 0.2) is 0 Å². The van der Waals surface area contributed by atoms with Crippen molar-refractivity contribution in [1.29, 1.82) is 0 Å². The fourth-order valence-corrected chi connectivity index (χ4v) is 4.21. The van der Waals surface area contributed by atoms with Crippen LogP contribution in [-0.4, -0.2) is 41.1 Å². The Bertz CT molecular complexity index is 327. The highest BCUT2D eigenvalue weighted by molar-refractivity contribution is 8.00. The number of carbonyl (C=O) groups is 2. The second-order valence-electron chi connectivity index (χ2n) is 6.06. The third-order valence-electron chi connectivity index (χ3n) is 3.40. The minimum atomic E-state index is -0.441. The molecule has 4 nitrogen and oxygen atoms in total. The van der Waals surface area contributed by atoms with Crippen molar-refractivity contribution in [3.8, 4) is 0 Å². The number of thioether (sulfide) groups is 1. The highest BCUT2D eigenvalue weighted by atomic mass is 32.2. The lowest BCUT2D eigenvalue weighted by atomic mass is 9.94. The van der Waals surface area contributed by atoms with Crippen molar-refractivity contribution in [2.45, 2.75) is 63.6 Å². The Morgan fingerprint density at radius 1 is 1.42 bits per heavy atom. The van der Waals surface area contributed by atoms with Crippen molar-refractivity contribution >= 4 is 24.1 Å². The van der Waals surface area contributed by atoms with Gasteiger partial charge in [0.05, 0.1) is 12.5 Å². The zero-order valence-corrected chi connectivity index (χ0v) is 13.3. The molecule has 1 saturated heterocycles. The molecule has 1 fully saturated rings. The predicted molar refractivity (Wildman–Crippen MR) is 77.9 cm³/mol. The molecule has 0 bridgehead atoms. The van der Waals surface area contributed by atoms with E-state index in [0.29, 0.717) is 0 Å². The van der Waals surface area contributed by atoms with Crippen molar-refractivity contribution in [3.63, 3.8) is 0 Å². The molecular formula is C14H25NO3S. The third-order valence-corrected chi connectivity index (χ3v) is 5.45. The molecule has 1 aliphatic rings. The lowest BCUT2D eigenvalue weighted by molar-refractivity contribution is -0.150. The topological polar surface area (TPSA) is 46.6 Å². The number of nitrogens with zero attached hydrogens (tertiary/aromatic N) is 1. The monoisotopic (exact) mass is 287 g/mol. The largest absolute Gasteiger partial charge is 0.467 e. The maximum absolute atomic E-state index is 12.0. The summed E-state index contributed by atoms with van der Waals surface area (Å²) < 4.78 is 4.88. The molecule has 19 heavy (non-hydrogen) atoms. The number of hydrogen-bond donors (Lipinski definition) is 0. The summed E-state index contributed by atoms with van der Waals surface area (Å²) in [7, 11) is 1.39. The molecule has 1 amide bonds. The van der Waals surface area contributed by atoms with Crippen LogP contribution in [0.25, 0.3) is 0 Å². The summed E-state index contributed by atoms with van der Waals surface area (Å²) in [4.78, 5) is 25.1. The molecule has 0 aromatic heterocycles. The summed E-state index contributed by atoms with van der Waals surface area (Å²) >= 11 is 1.74. The lowest BCUT2D eigenvalue weighted by Crippen LogP contribution is -2.47. The molecule has 1 heterocycles. The molecule has 0 radical (unpaired) electrons. The zero-order chi connectivity index (χ0) is 14.6. The molecule has 0 aromatic carbocycles. The standard InChI is InChI=1S/C14H25NO3S/c1-6-7-8-10-11(12(17)18-5)15(9-16)13(19-10)14(2,3)4/h9-11,13H,6-8H2,1-5H3/t10-,11+,13-/m1/s1. The van der Waals surface area contributed by atoms with Crippen molar-refractivity contribution in [3.05, 3.63) is 0 Å². The predicted octanol–water partition coefficient (Wildman–Crippen LogP) is 2.66. The van der Waals surface area contributed by atoms with Crippen molar-refractivity contribution < 1.29 is 14.3 Å². The first-order chi connectivity index (χ1) is 8.86. The summed E-state index contributed by atoms with van der Waals surface area (Å²) in [6.07, 6.45) is 3.90. The van der Waals surface area contributed by atoms with Gasteiger partial charge in [-0.2, -0.15) is 0 Å². The van der Waals surface area contributed by atoms with Gasteiger partial charge in [-0.25, -0.2) is 4.79 Å². The zero-order valence-electron chi connectivity index (χ0n) is 12.5. The number of methoxy groups -OCH3 is 1. The number of rotatable bonds is 5. The van der Waals surface area contributed by atoms with Crippen LogP contribution in [0.3, 0.4) is 0 Å². The number of carbonyl (C=O) groups excluding carboxylic acids is 2. The summed E-state index contributed by atoms with van der Waals surface area (Å²) in [5.41, 5.74) is -0.0567. The van der Waals surface area contributed by atoms with E-state index in [1.807, 2.05) is 0 Å². The molecule has 0 aromatic rings. The Hall–Kier alpha value is -0.710. The smallest absolute Gasteiger partial charge is 0.329 e. The van der Waals surface area contributed by atoms with Crippen LogP contribution in [0.4, 0.5) is 0 Å². The number of unbranched alkanes of at least 4 members (excludes halogenated alkanes) is 1. The van der Waals surface area contributed by atoms with Crippen LogP contribution in [0, 0.1) is 5.41 Å². The van der Waals surface area contributed by atoms with Crippen molar-refractivity contribution in [2.75, 3.05) is 7.11 Å². The molecule has 0 unspecified atom stereocenters. The minimum Gasteiger partial charge on any atom is -0.467 e. The van der Waals surface area contributed by atoms with Crippen LogP contribution in [0.5, 0.6) is 0 Å². The average molecular weight is 287 g/mol. The van der Waals surface area contributed by atoms with Crippen LogP contribution in [0.15, 0.2) is 0 Å². The number of amides is 1. The van der Waals surface area contributed by atoms with Gasteiger partial charge in [0.1, 0.15) is 6.04 Å². The molecule has 0 saturated carbocycles. The van der Waals surface area contributed by atoms with E-state index in [-0.39, 0.29) is 22.0 Å². The highest BCUT2D eigenvalue weighted by Crippen LogP contribution is 2.45. The third kappa shape index (κ3) is 3.65. The van der Waals surface area contributed by atoms with Gasteiger partial charge in [0.25, 0.3) is 0 Å². The lowest BCUT2D eigenvalue weighted by Gasteiger charge is -2.33. The Kier molecular flexibility index (Phi) is 5.71. The van der Waals surface area contributed by atoms with E-state index in [1.54, 1.807) is 16.7 Å². The van der Waals surface area contributed by atoms with Gasteiger partial charge in [0, 0.05) is 5.25 Å². The number of hydrogen-bond acceptors (Lipinski definition) is 4. The fourth-order valence-electron chi connectivity index (χ4n) is 2.45. The Labute approximate surface area is 120 Å². The SMILES string of the molecule is CCCC[C@H]1S[C@H](C(C)(C)C)N(C=O)[C@@H]1C(=O)OC. The maximum atomic E-state index is 12.0.